The van der Waals surface area contributed by atoms with E-state index in [1.165, 1.54) is 4.90 Å². The summed E-state index contributed by atoms with van der Waals surface area (Å²) in [4.78, 5) is 31.1. The minimum absolute atomic E-state index is 0.0516. The van der Waals surface area contributed by atoms with Gasteiger partial charge in [-0.05, 0) is 40.6 Å². The monoisotopic (exact) mass is 481 g/mol. The van der Waals surface area contributed by atoms with Crippen molar-refractivity contribution in [2.24, 2.45) is 10.7 Å². The van der Waals surface area contributed by atoms with Crippen molar-refractivity contribution in [1.82, 2.24) is 0 Å². The molecule has 0 aromatic heterocycles. The second kappa shape index (κ2) is 6.94. The molecule has 2 unspecified atom stereocenters. The van der Waals surface area contributed by atoms with Crippen LogP contribution >= 0.6 is 27.7 Å². The lowest BCUT2D eigenvalue weighted by Crippen LogP contribution is -2.49. The van der Waals surface area contributed by atoms with Crippen LogP contribution in [-0.2, 0) is 21.7 Å². The van der Waals surface area contributed by atoms with Crippen molar-refractivity contribution in [3.05, 3.63) is 76.3 Å². The van der Waals surface area contributed by atoms with Crippen molar-refractivity contribution >= 4 is 61.1 Å². The maximum absolute atomic E-state index is 13.5. The zero-order valence-corrected chi connectivity index (χ0v) is 18.0. The molecule has 0 spiro atoms. The van der Waals surface area contributed by atoms with Gasteiger partial charge in [-0.15, -0.1) is 0 Å². The van der Waals surface area contributed by atoms with E-state index in [2.05, 4.69) is 20.9 Å². The van der Waals surface area contributed by atoms with Gasteiger partial charge in [0, 0.05) is 10.0 Å². The summed E-state index contributed by atoms with van der Waals surface area (Å²) in [5, 5.41) is 12.7. The highest BCUT2D eigenvalue weighted by atomic mass is 79.9. The number of carbonyl (C=O) groups is 2. The van der Waals surface area contributed by atoms with Crippen LogP contribution in [0.25, 0.3) is 10.8 Å². The molecular formula is C22H16BrN3O3S. The van der Waals surface area contributed by atoms with Crippen molar-refractivity contribution in [3.8, 4) is 0 Å². The fourth-order valence-corrected chi connectivity index (χ4v) is 5.34. The van der Waals surface area contributed by atoms with E-state index in [-0.39, 0.29) is 11.7 Å². The fourth-order valence-electron chi connectivity index (χ4n) is 4.04. The molecule has 150 valence electrons. The molecule has 0 fully saturated rings. The number of hydrogen-bond donors (Lipinski definition) is 2. The topological polar surface area (TPSA) is 96.0 Å². The van der Waals surface area contributed by atoms with Gasteiger partial charge in [0.05, 0.1) is 12.2 Å². The summed E-state index contributed by atoms with van der Waals surface area (Å²) in [6.07, 6.45) is 0. The third kappa shape index (κ3) is 2.86. The van der Waals surface area contributed by atoms with Gasteiger partial charge >= 0.3 is 0 Å². The molecule has 0 aliphatic carbocycles. The summed E-state index contributed by atoms with van der Waals surface area (Å²) >= 11 is 4.32. The predicted molar refractivity (Wildman–Crippen MR) is 121 cm³/mol. The van der Waals surface area contributed by atoms with E-state index >= 15 is 0 Å². The van der Waals surface area contributed by atoms with E-state index < -0.39 is 22.7 Å². The average Bonchev–Trinajstić information content (AvgIpc) is 3.18. The van der Waals surface area contributed by atoms with E-state index in [4.69, 9.17) is 5.73 Å². The summed E-state index contributed by atoms with van der Waals surface area (Å²) in [7, 11) is 0. The van der Waals surface area contributed by atoms with Gasteiger partial charge in [-0.1, -0.05) is 64.1 Å². The number of aliphatic imine (C=N–C) groups is 1. The molecule has 2 heterocycles. The van der Waals surface area contributed by atoms with E-state index in [0.29, 0.717) is 15.7 Å². The quantitative estimate of drug-likeness (QED) is 0.598. The molecule has 0 radical (unpaired) electrons. The number of hydrogen-bond acceptors (Lipinski definition) is 5. The first-order chi connectivity index (χ1) is 14.4. The van der Waals surface area contributed by atoms with Gasteiger partial charge in [-0.3, -0.25) is 9.59 Å². The van der Waals surface area contributed by atoms with E-state index in [0.717, 1.165) is 28.1 Å². The van der Waals surface area contributed by atoms with Crippen molar-refractivity contribution in [3.63, 3.8) is 0 Å². The number of amidine groups is 1. The lowest BCUT2D eigenvalue weighted by molar-refractivity contribution is -0.140. The van der Waals surface area contributed by atoms with Crippen LogP contribution in [0.2, 0.25) is 0 Å². The molecule has 0 bridgehead atoms. The van der Waals surface area contributed by atoms with Crippen molar-refractivity contribution in [2.75, 3.05) is 4.90 Å². The van der Waals surface area contributed by atoms with Gasteiger partial charge in [-0.25, -0.2) is 0 Å². The number of nitrogens with zero attached hydrogens (tertiary/aromatic N) is 2. The van der Waals surface area contributed by atoms with Gasteiger partial charge in [-0.2, -0.15) is 4.99 Å². The molecule has 30 heavy (non-hydrogen) atoms. The molecule has 2 atom stereocenters. The number of nitrogens with two attached hydrogens (primary N) is 1. The number of aliphatic hydroxyl groups is 1. The number of benzene rings is 3. The molecule has 3 N–H and O–H groups in total. The molecule has 2 aliphatic heterocycles. The second-order valence-electron chi connectivity index (χ2n) is 7.29. The standard InChI is InChI=1S/C22H16BrN3O3S/c23-15-7-8-17-16(10-15)22(29,18-19(27)25-21(24)30-18)20(28)26(17)11-12-5-6-13-3-1-2-4-14(13)9-12/h1-10,18,29H,11H2,(H2,24,25,27). The molecular weight excluding hydrogens is 466 g/mol. The SMILES string of the molecule is NC1=NC(=O)C(C2(O)C(=O)N(Cc3ccc4ccccc4c3)c3ccc(Br)cc32)S1. The van der Waals surface area contributed by atoms with Gasteiger partial charge < -0.3 is 15.7 Å². The van der Waals surface area contributed by atoms with E-state index in [9.17, 15) is 14.7 Å². The van der Waals surface area contributed by atoms with Crippen LogP contribution in [0.3, 0.4) is 0 Å². The van der Waals surface area contributed by atoms with Crippen LogP contribution in [0, 0.1) is 0 Å². The highest BCUT2D eigenvalue weighted by Crippen LogP contribution is 2.48. The number of carbonyl (C=O) groups excluding carboxylic acids is 2. The maximum atomic E-state index is 13.5. The normalized spacial score (nSPS) is 23.2. The van der Waals surface area contributed by atoms with Crippen LogP contribution in [0.15, 0.2) is 70.1 Å². The van der Waals surface area contributed by atoms with Gasteiger partial charge in [0.2, 0.25) is 0 Å². The predicted octanol–water partition coefficient (Wildman–Crippen LogP) is 3.29. The highest BCUT2D eigenvalue weighted by Gasteiger charge is 2.59. The first-order valence-corrected chi connectivity index (χ1v) is 10.9. The second-order valence-corrected chi connectivity index (χ2v) is 9.33. The van der Waals surface area contributed by atoms with Gasteiger partial charge in [0.25, 0.3) is 11.8 Å². The van der Waals surface area contributed by atoms with Gasteiger partial charge in [0.1, 0.15) is 5.25 Å². The third-order valence-electron chi connectivity index (χ3n) is 5.45. The summed E-state index contributed by atoms with van der Waals surface area (Å²) in [6, 6.07) is 19.2. The number of rotatable bonds is 3. The summed E-state index contributed by atoms with van der Waals surface area (Å²) in [5.41, 5.74) is 5.51. The number of thioether (sulfide) groups is 1. The lowest BCUT2D eigenvalue weighted by atomic mass is 9.91. The maximum Gasteiger partial charge on any atom is 0.265 e. The minimum atomic E-state index is -2.04. The Morgan fingerprint density at radius 2 is 1.87 bits per heavy atom. The largest absolute Gasteiger partial charge is 0.378 e. The average molecular weight is 482 g/mol. The Labute approximate surface area is 184 Å². The fraction of sp³-hybridized carbons (Fsp3) is 0.136. The molecule has 0 saturated carbocycles. The van der Waals surface area contributed by atoms with Crippen molar-refractivity contribution < 1.29 is 14.7 Å². The number of fused-ring (bicyclic) bond motifs is 2. The molecule has 5 rings (SSSR count). The van der Waals surface area contributed by atoms with Crippen LogP contribution in [0.1, 0.15) is 11.1 Å². The molecule has 0 saturated heterocycles. The van der Waals surface area contributed by atoms with Crippen LogP contribution in [-0.4, -0.2) is 27.3 Å². The Bertz CT molecular complexity index is 1260. The molecule has 2 aliphatic rings. The Morgan fingerprint density at radius 1 is 1.10 bits per heavy atom. The Balaban J connectivity index is 1.58. The smallest absolute Gasteiger partial charge is 0.265 e. The molecule has 2 amide bonds. The first-order valence-electron chi connectivity index (χ1n) is 9.24. The zero-order valence-electron chi connectivity index (χ0n) is 15.6. The van der Waals surface area contributed by atoms with Crippen LogP contribution in [0.5, 0.6) is 0 Å². The van der Waals surface area contributed by atoms with Crippen molar-refractivity contribution in [1.29, 1.82) is 0 Å². The highest BCUT2D eigenvalue weighted by molar-refractivity contribution is 9.10. The van der Waals surface area contributed by atoms with Crippen LogP contribution < -0.4 is 10.6 Å². The Hall–Kier alpha value is -2.68. The third-order valence-corrected chi connectivity index (χ3v) is 7.05. The van der Waals surface area contributed by atoms with Crippen LogP contribution in [0.4, 0.5) is 5.69 Å². The zero-order chi connectivity index (χ0) is 21.0. The first kappa shape index (κ1) is 19.3. The summed E-state index contributed by atoms with van der Waals surface area (Å²) < 4.78 is 0.698. The summed E-state index contributed by atoms with van der Waals surface area (Å²) in [5.74, 6) is -1.16. The van der Waals surface area contributed by atoms with E-state index in [1.54, 1.807) is 18.2 Å². The Kier molecular flexibility index (Phi) is 4.46. The number of amides is 2. The number of anilines is 1. The Morgan fingerprint density at radius 3 is 2.60 bits per heavy atom. The molecule has 3 aromatic rings. The minimum Gasteiger partial charge on any atom is -0.378 e. The lowest BCUT2D eigenvalue weighted by Gasteiger charge is -2.26. The summed E-state index contributed by atoms with van der Waals surface area (Å²) in [6.45, 7) is 0.266. The van der Waals surface area contributed by atoms with E-state index in [1.807, 2.05) is 42.5 Å². The molecule has 6 nitrogen and oxygen atoms in total. The number of halogens is 1. The van der Waals surface area contributed by atoms with Gasteiger partial charge in [0.15, 0.2) is 10.8 Å². The molecule has 8 heteroatoms. The van der Waals surface area contributed by atoms with Crippen molar-refractivity contribution in [2.45, 2.75) is 17.4 Å². The molecule has 3 aromatic carbocycles.